The molecule has 1 fully saturated rings. The van der Waals surface area contributed by atoms with E-state index in [9.17, 15) is 4.79 Å². The fraction of sp³-hybridized carbons (Fsp3) is 0.219. The lowest BCUT2D eigenvalue weighted by molar-refractivity contribution is -0.113. The van der Waals surface area contributed by atoms with E-state index in [0.29, 0.717) is 22.5 Å². The number of aliphatic imine (C=N–C) groups is 1. The van der Waals surface area contributed by atoms with Crippen LogP contribution in [0, 0.1) is 5.92 Å². The Hall–Kier alpha value is -3.81. The van der Waals surface area contributed by atoms with Crippen LogP contribution in [0.25, 0.3) is 23.0 Å². The van der Waals surface area contributed by atoms with E-state index in [1.165, 1.54) is 18.2 Å². The summed E-state index contributed by atoms with van der Waals surface area (Å²) in [5, 5.41) is 6.43. The van der Waals surface area contributed by atoms with Gasteiger partial charge in [-0.15, -0.1) is 0 Å². The maximum atomic E-state index is 12.9. The second kappa shape index (κ2) is 11.7. The van der Waals surface area contributed by atoms with Gasteiger partial charge in [-0.1, -0.05) is 48.9 Å². The summed E-state index contributed by atoms with van der Waals surface area (Å²) in [5.41, 5.74) is 4.57. The number of carbonyl (C=O) groups is 1. The third kappa shape index (κ3) is 6.01. The van der Waals surface area contributed by atoms with Gasteiger partial charge in [0.1, 0.15) is 12.4 Å². The molecular formula is C32H29ClN4O2S. The molecular weight excluding hydrogens is 540 g/mol. The number of nitrogens with zero attached hydrogens (tertiary/aromatic N) is 4. The lowest BCUT2D eigenvalue weighted by atomic mass is 10.0. The summed E-state index contributed by atoms with van der Waals surface area (Å²) in [5.74, 6) is 1.17. The fourth-order valence-corrected chi connectivity index (χ4v) is 5.99. The molecule has 2 aliphatic rings. The number of ether oxygens (including phenoxy) is 1. The number of hydrogen-bond donors (Lipinski definition) is 0. The van der Waals surface area contributed by atoms with E-state index in [2.05, 4.69) is 16.8 Å². The van der Waals surface area contributed by atoms with Crippen LogP contribution in [0.1, 0.15) is 30.9 Å². The van der Waals surface area contributed by atoms with Crippen molar-refractivity contribution < 1.29 is 9.53 Å². The molecule has 2 aliphatic heterocycles. The highest BCUT2D eigenvalue weighted by atomic mass is 35.5. The molecule has 0 aliphatic carbocycles. The van der Waals surface area contributed by atoms with Crippen LogP contribution >= 0.6 is 23.4 Å². The van der Waals surface area contributed by atoms with Crippen LogP contribution in [-0.2, 0) is 11.4 Å². The van der Waals surface area contributed by atoms with Gasteiger partial charge in [0.25, 0.3) is 5.91 Å². The van der Waals surface area contributed by atoms with Crippen molar-refractivity contribution in [3.8, 4) is 22.7 Å². The predicted octanol–water partition coefficient (Wildman–Crippen LogP) is 7.47. The minimum atomic E-state index is -0.192. The number of hydrogen-bond acceptors (Lipinski definition) is 5. The Kier molecular flexibility index (Phi) is 7.75. The van der Waals surface area contributed by atoms with E-state index in [-0.39, 0.29) is 5.91 Å². The highest BCUT2D eigenvalue weighted by Gasteiger charge is 2.29. The van der Waals surface area contributed by atoms with Gasteiger partial charge in [-0.05, 0) is 90.7 Å². The van der Waals surface area contributed by atoms with Gasteiger partial charge in [0.05, 0.1) is 16.3 Å². The molecule has 1 amide bonds. The van der Waals surface area contributed by atoms with Crippen LogP contribution in [0.3, 0.4) is 0 Å². The first-order chi connectivity index (χ1) is 19.5. The number of halogens is 1. The minimum Gasteiger partial charge on any atom is -0.489 e. The molecule has 1 aromatic heterocycles. The highest BCUT2D eigenvalue weighted by molar-refractivity contribution is 8.18. The molecule has 40 heavy (non-hydrogen) atoms. The number of amidine groups is 1. The molecule has 0 saturated carbocycles. The van der Waals surface area contributed by atoms with Crippen LogP contribution in [0.15, 0.2) is 95.0 Å². The average Bonchev–Trinajstić information content (AvgIpc) is 3.57. The van der Waals surface area contributed by atoms with Gasteiger partial charge < -0.3 is 9.64 Å². The zero-order chi connectivity index (χ0) is 27.5. The molecule has 1 atom stereocenters. The molecule has 8 heteroatoms. The summed E-state index contributed by atoms with van der Waals surface area (Å²) >= 11 is 7.45. The Balaban J connectivity index is 1.26. The number of rotatable bonds is 6. The van der Waals surface area contributed by atoms with Crippen LogP contribution in [0.2, 0.25) is 5.02 Å². The second-order valence-corrected chi connectivity index (χ2v) is 11.6. The Labute approximate surface area is 243 Å². The number of piperidine rings is 1. The molecule has 0 N–H and O–H groups in total. The van der Waals surface area contributed by atoms with Crippen molar-refractivity contribution in [2.45, 2.75) is 26.4 Å². The van der Waals surface area contributed by atoms with Gasteiger partial charge in [0.2, 0.25) is 0 Å². The van der Waals surface area contributed by atoms with Crippen molar-refractivity contribution in [2.24, 2.45) is 10.9 Å². The van der Waals surface area contributed by atoms with E-state index in [4.69, 9.17) is 21.4 Å². The number of thioether (sulfide) groups is 1. The normalized spacial score (nSPS) is 18.3. The van der Waals surface area contributed by atoms with Crippen molar-refractivity contribution in [3.05, 3.63) is 106 Å². The smallest absolute Gasteiger partial charge is 0.286 e. The summed E-state index contributed by atoms with van der Waals surface area (Å²) in [7, 11) is 0. The largest absolute Gasteiger partial charge is 0.489 e. The first kappa shape index (κ1) is 26.4. The van der Waals surface area contributed by atoms with E-state index < -0.39 is 0 Å². The van der Waals surface area contributed by atoms with Crippen LogP contribution in [0.4, 0.5) is 0 Å². The van der Waals surface area contributed by atoms with Gasteiger partial charge in [-0.2, -0.15) is 10.1 Å². The number of carbonyl (C=O) groups excluding carboxylic acids is 1. The van der Waals surface area contributed by atoms with E-state index >= 15 is 0 Å². The molecule has 202 valence electrons. The van der Waals surface area contributed by atoms with Crippen LogP contribution in [-0.4, -0.2) is 38.8 Å². The number of para-hydroxylation sites is 1. The van der Waals surface area contributed by atoms with Crippen molar-refractivity contribution in [1.82, 2.24) is 14.7 Å². The van der Waals surface area contributed by atoms with E-state index in [0.717, 1.165) is 58.5 Å². The summed E-state index contributed by atoms with van der Waals surface area (Å²) in [6.07, 6.45) is 6.24. The number of amides is 1. The van der Waals surface area contributed by atoms with Crippen molar-refractivity contribution in [2.75, 3.05) is 13.1 Å². The third-order valence-electron chi connectivity index (χ3n) is 7.03. The summed E-state index contributed by atoms with van der Waals surface area (Å²) in [6.45, 7) is 4.59. The zero-order valence-corrected chi connectivity index (χ0v) is 23.7. The van der Waals surface area contributed by atoms with E-state index in [1.807, 2.05) is 95.8 Å². The molecule has 4 aromatic rings. The maximum absolute atomic E-state index is 12.9. The van der Waals surface area contributed by atoms with Gasteiger partial charge in [0, 0.05) is 35.4 Å². The monoisotopic (exact) mass is 568 g/mol. The third-order valence-corrected chi connectivity index (χ3v) is 8.33. The lowest BCUT2D eigenvalue weighted by Gasteiger charge is -2.31. The van der Waals surface area contributed by atoms with Gasteiger partial charge in [0.15, 0.2) is 5.17 Å². The second-order valence-electron chi connectivity index (χ2n) is 10.2. The molecule has 1 saturated heterocycles. The van der Waals surface area contributed by atoms with Crippen LogP contribution < -0.4 is 4.74 Å². The fourth-order valence-electron chi connectivity index (χ4n) is 4.92. The summed E-state index contributed by atoms with van der Waals surface area (Å²) < 4.78 is 7.83. The van der Waals surface area contributed by atoms with Crippen molar-refractivity contribution in [1.29, 1.82) is 0 Å². The number of aromatic nitrogens is 2. The van der Waals surface area contributed by atoms with Crippen molar-refractivity contribution >= 4 is 40.5 Å². The average molecular weight is 569 g/mol. The van der Waals surface area contributed by atoms with E-state index in [1.54, 1.807) is 0 Å². The Bertz CT molecular complexity index is 1560. The number of likely N-dealkylation sites (tertiary alicyclic amines) is 1. The Morgan fingerprint density at radius 2 is 1.82 bits per heavy atom. The zero-order valence-electron chi connectivity index (χ0n) is 22.2. The summed E-state index contributed by atoms with van der Waals surface area (Å²) in [6, 6.07) is 25.5. The first-order valence-corrected chi connectivity index (χ1v) is 14.6. The molecule has 3 heterocycles. The highest BCUT2D eigenvalue weighted by Crippen LogP contribution is 2.35. The lowest BCUT2D eigenvalue weighted by Crippen LogP contribution is -2.37. The van der Waals surface area contributed by atoms with Crippen molar-refractivity contribution in [3.63, 3.8) is 0 Å². The topological polar surface area (TPSA) is 59.7 Å². The molecule has 0 spiro atoms. The quantitative estimate of drug-likeness (QED) is 0.226. The maximum Gasteiger partial charge on any atom is 0.286 e. The van der Waals surface area contributed by atoms with Gasteiger partial charge in [-0.25, -0.2) is 4.68 Å². The van der Waals surface area contributed by atoms with Gasteiger partial charge >= 0.3 is 0 Å². The van der Waals surface area contributed by atoms with Crippen LogP contribution in [0.5, 0.6) is 5.75 Å². The molecule has 6 rings (SSSR count). The number of benzene rings is 3. The molecule has 3 aromatic carbocycles. The predicted molar refractivity (Wildman–Crippen MR) is 163 cm³/mol. The molecule has 6 nitrogen and oxygen atoms in total. The molecule has 1 unspecified atom stereocenters. The first-order valence-electron chi connectivity index (χ1n) is 13.4. The SMILES string of the molecule is CC1CCCN(C2=NC(=O)/C(=C/c3cn(-c4ccccc4)nc3-c3ccc(OCc4ccc(Cl)cc4)cc3)S2)C1. The standard InChI is InChI=1S/C32H29ClN4O2S/c1-22-6-5-17-36(19-22)32-34-31(38)29(40-32)18-25-20-37(27-7-3-2-4-8-27)35-30(25)24-11-15-28(16-12-24)39-21-23-9-13-26(33)14-10-23/h2-4,7-16,18,20,22H,5-6,17,19,21H2,1H3/b29-18-. The minimum absolute atomic E-state index is 0.192. The summed E-state index contributed by atoms with van der Waals surface area (Å²) in [4.78, 5) is 20.2. The Morgan fingerprint density at radius 3 is 2.58 bits per heavy atom. The molecule has 0 bridgehead atoms. The molecule has 0 radical (unpaired) electrons. The Morgan fingerprint density at radius 1 is 1.05 bits per heavy atom. The van der Waals surface area contributed by atoms with Gasteiger partial charge in [-0.3, -0.25) is 4.79 Å².